The first-order valence-corrected chi connectivity index (χ1v) is 11.2. The number of hydrogen-bond donors (Lipinski definition) is 0. The van der Waals surface area contributed by atoms with E-state index in [9.17, 15) is 9.59 Å². The lowest BCUT2D eigenvalue weighted by molar-refractivity contribution is -0.238. The Bertz CT molecular complexity index is 762. The van der Waals surface area contributed by atoms with Gasteiger partial charge in [0.15, 0.2) is 0 Å². The molecule has 3 nitrogen and oxygen atoms in total. The van der Waals surface area contributed by atoms with Crippen molar-refractivity contribution in [3.63, 3.8) is 0 Å². The summed E-state index contributed by atoms with van der Waals surface area (Å²) in [4.78, 5) is 24.1. The Morgan fingerprint density at radius 3 is 2.61 bits per heavy atom. The molecule has 28 heavy (non-hydrogen) atoms. The molecule has 1 heterocycles. The molecule has 3 saturated carbocycles. The van der Waals surface area contributed by atoms with Gasteiger partial charge in [-0.2, -0.15) is 0 Å². The molecule has 3 aliphatic carbocycles. The van der Waals surface area contributed by atoms with Gasteiger partial charge in [0.25, 0.3) is 0 Å². The van der Waals surface area contributed by atoms with E-state index >= 15 is 0 Å². The second-order valence-electron chi connectivity index (χ2n) is 10.7. The number of cyclic esters (lactones) is 1. The van der Waals surface area contributed by atoms with Crippen LogP contribution in [0.1, 0.15) is 79.6 Å². The Balaban J connectivity index is 1.39. The summed E-state index contributed by atoms with van der Waals surface area (Å²) >= 11 is 0. The maximum absolute atomic E-state index is 13.0. The van der Waals surface area contributed by atoms with Gasteiger partial charge in [0.05, 0.1) is 0 Å². The summed E-state index contributed by atoms with van der Waals surface area (Å²) in [6.07, 6.45) is 11.4. The molecular formula is C25H36O3. The Labute approximate surface area is 170 Å². The zero-order valence-corrected chi connectivity index (χ0v) is 18.3. The first kappa shape index (κ1) is 19.9. The lowest BCUT2D eigenvalue weighted by Crippen LogP contribution is -2.70. The maximum atomic E-state index is 13.0. The summed E-state index contributed by atoms with van der Waals surface area (Å²) in [5.74, 6) is 1.68. The van der Waals surface area contributed by atoms with Crippen molar-refractivity contribution in [2.24, 2.45) is 34.0 Å². The molecule has 3 fully saturated rings. The van der Waals surface area contributed by atoms with Crippen LogP contribution >= 0.6 is 0 Å². The molecule has 6 atom stereocenters. The van der Waals surface area contributed by atoms with E-state index in [1.54, 1.807) is 6.08 Å². The molecule has 0 spiro atoms. The molecule has 1 aliphatic heterocycles. The van der Waals surface area contributed by atoms with Gasteiger partial charge in [0, 0.05) is 18.4 Å². The number of ether oxygens (including phenoxy) is 1. The molecule has 0 bridgehead atoms. The van der Waals surface area contributed by atoms with Crippen LogP contribution < -0.4 is 0 Å². The molecule has 0 N–H and O–H groups in total. The summed E-state index contributed by atoms with van der Waals surface area (Å²) in [5, 5.41) is 0. The van der Waals surface area contributed by atoms with E-state index in [-0.39, 0.29) is 17.3 Å². The van der Waals surface area contributed by atoms with Crippen LogP contribution in [0.4, 0.5) is 0 Å². The standard InChI is InChI=1S/C25H36O3/c1-16(7-6-8-18-14-21(27)28-15-18)9-10-19-22-20(26)13-17(2)23(3)11-12-24(19,4)25(22,23)5/h7,14,17,19,22H,6,8-13,15H2,1-5H3/b16-7+/t17-,19+,22+,23-,24+,25+/m1/s1. The highest BCUT2D eigenvalue weighted by molar-refractivity contribution is 5.86. The number of esters is 1. The van der Waals surface area contributed by atoms with Crippen molar-refractivity contribution in [3.8, 4) is 0 Å². The quantitative estimate of drug-likeness (QED) is 0.439. The van der Waals surface area contributed by atoms with Gasteiger partial charge < -0.3 is 4.74 Å². The van der Waals surface area contributed by atoms with E-state index < -0.39 is 0 Å². The lowest BCUT2D eigenvalue weighted by Gasteiger charge is -2.71. The normalized spacial score (nSPS) is 44.8. The lowest BCUT2D eigenvalue weighted by atomic mass is 9.31. The molecule has 0 radical (unpaired) electrons. The van der Waals surface area contributed by atoms with Crippen LogP contribution in [-0.2, 0) is 14.3 Å². The van der Waals surface area contributed by atoms with Gasteiger partial charge in [0.2, 0.25) is 0 Å². The fourth-order valence-electron chi connectivity index (χ4n) is 7.64. The Morgan fingerprint density at radius 1 is 1.21 bits per heavy atom. The van der Waals surface area contributed by atoms with Gasteiger partial charge in [-0.1, -0.05) is 39.3 Å². The van der Waals surface area contributed by atoms with Gasteiger partial charge in [-0.3, -0.25) is 4.79 Å². The summed E-state index contributed by atoms with van der Waals surface area (Å²) in [5.41, 5.74) is 3.36. The number of ketones is 1. The number of hydrogen-bond acceptors (Lipinski definition) is 3. The van der Waals surface area contributed by atoms with Crippen LogP contribution in [0.2, 0.25) is 0 Å². The van der Waals surface area contributed by atoms with Gasteiger partial charge in [0.1, 0.15) is 12.4 Å². The zero-order valence-electron chi connectivity index (χ0n) is 18.3. The van der Waals surface area contributed by atoms with E-state index in [0.29, 0.717) is 35.1 Å². The average Bonchev–Trinajstić information content (AvgIpc) is 3.12. The van der Waals surface area contributed by atoms with E-state index in [2.05, 4.69) is 40.7 Å². The minimum Gasteiger partial charge on any atom is -0.458 e. The Kier molecular flexibility index (Phi) is 4.67. The summed E-state index contributed by atoms with van der Waals surface area (Å²) < 4.78 is 4.96. The minimum atomic E-state index is -0.202. The molecule has 3 heteroatoms. The third kappa shape index (κ3) is 2.53. The van der Waals surface area contributed by atoms with E-state index in [4.69, 9.17) is 4.74 Å². The third-order valence-electron chi connectivity index (χ3n) is 9.85. The fraction of sp³-hybridized carbons (Fsp3) is 0.760. The summed E-state index contributed by atoms with van der Waals surface area (Å²) in [7, 11) is 0. The third-order valence-corrected chi connectivity index (χ3v) is 9.85. The monoisotopic (exact) mass is 384 g/mol. The molecule has 0 unspecified atom stereocenters. The predicted molar refractivity (Wildman–Crippen MR) is 111 cm³/mol. The van der Waals surface area contributed by atoms with E-state index in [1.807, 2.05) is 0 Å². The molecule has 0 aromatic carbocycles. The molecule has 4 rings (SSSR count). The van der Waals surface area contributed by atoms with E-state index in [0.717, 1.165) is 37.7 Å². The molecule has 0 saturated heterocycles. The SMILES string of the molecule is C/C(=C\CCC1=CC(=O)OC1)CC[C@H]1[C@H]2C(=O)C[C@@H](C)[C@@]3(C)CC[C@]1(C)[C@@]23C. The molecule has 0 amide bonds. The average molecular weight is 385 g/mol. The zero-order chi connectivity index (χ0) is 20.3. The van der Waals surface area contributed by atoms with E-state index in [1.165, 1.54) is 18.4 Å². The van der Waals surface area contributed by atoms with Crippen LogP contribution in [0.15, 0.2) is 23.3 Å². The van der Waals surface area contributed by atoms with Crippen molar-refractivity contribution in [3.05, 3.63) is 23.3 Å². The Morgan fingerprint density at radius 2 is 1.93 bits per heavy atom. The van der Waals surface area contributed by atoms with Gasteiger partial charge in [-0.05, 0) is 79.1 Å². The van der Waals surface area contributed by atoms with Gasteiger partial charge in [-0.15, -0.1) is 0 Å². The molecular weight excluding hydrogens is 348 g/mol. The second-order valence-corrected chi connectivity index (χ2v) is 10.7. The van der Waals surface area contributed by atoms with Crippen LogP contribution in [0.5, 0.6) is 0 Å². The van der Waals surface area contributed by atoms with Crippen molar-refractivity contribution < 1.29 is 14.3 Å². The predicted octanol–water partition coefficient (Wildman–Crippen LogP) is 5.64. The first-order chi connectivity index (χ1) is 13.1. The van der Waals surface area contributed by atoms with Crippen molar-refractivity contribution in [2.75, 3.05) is 6.61 Å². The largest absolute Gasteiger partial charge is 0.458 e. The minimum absolute atomic E-state index is 0.193. The highest BCUT2D eigenvalue weighted by Crippen LogP contribution is 2.82. The van der Waals surface area contributed by atoms with Crippen molar-refractivity contribution >= 4 is 11.8 Å². The maximum Gasteiger partial charge on any atom is 0.331 e. The molecule has 154 valence electrons. The summed E-state index contributed by atoms with van der Waals surface area (Å²) in [6, 6.07) is 0. The second kappa shape index (κ2) is 6.57. The number of Topliss-reactive ketones (excluding diaryl/α,β-unsaturated/α-hetero) is 1. The van der Waals surface area contributed by atoms with Crippen LogP contribution in [0.3, 0.4) is 0 Å². The highest BCUT2D eigenvalue weighted by Gasteiger charge is 2.79. The molecule has 0 aromatic rings. The first-order valence-electron chi connectivity index (χ1n) is 11.2. The van der Waals surface area contributed by atoms with Crippen molar-refractivity contribution in [1.29, 1.82) is 0 Å². The van der Waals surface area contributed by atoms with Crippen molar-refractivity contribution in [1.82, 2.24) is 0 Å². The van der Waals surface area contributed by atoms with Crippen LogP contribution in [0, 0.1) is 34.0 Å². The fourth-order valence-corrected chi connectivity index (χ4v) is 7.64. The number of carbonyl (C=O) groups is 2. The molecule has 4 aliphatic rings. The van der Waals surface area contributed by atoms with Crippen molar-refractivity contribution in [2.45, 2.75) is 79.6 Å². The Hall–Kier alpha value is -1.38. The molecule has 0 aromatic heterocycles. The smallest absolute Gasteiger partial charge is 0.331 e. The number of allylic oxidation sites excluding steroid dienone is 2. The number of carbonyl (C=O) groups excluding carboxylic acids is 2. The van der Waals surface area contributed by atoms with Gasteiger partial charge >= 0.3 is 5.97 Å². The number of rotatable bonds is 6. The van der Waals surface area contributed by atoms with Gasteiger partial charge in [-0.25, -0.2) is 4.79 Å². The highest BCUT2D eigenvalue weighted by atomic mass is 16.5. The van der Waals surface area contributed by atoms with Crippen LogP contribution in [-0.4, -0.2) is 18.4 Å². The topological polar surface area (TPSA) is 43.4 Å². The van der Waals surface area contributed by atoms with Crippen LogP contribution in [0.25, 0.3) is 0 Å². The summed E-state index contributed by atoms with van der Waals surface area (Å²) in [6.45, 7) is 12.4.